The molecule has 2 aliphatic rings. The Hall–Kier alpha value is -4.09. The average Bonchev–Trinajstić information content (AvgIpc) is 2.86. The molecular formula is C28H22N4S. The molecule has 5 heteroatoms. The molecule has 4 aromatic carbocycles. The Bertz CT molecular complexity index is 1350. The first-order valence-corrected chi connectivity index (χ1v) is 11.4. The molecule has 6 rings (SSSR count). The lowest BCUT2D eigenvalue weighted by atomic mass is 9.90. The third-order valence-corrected chi connectivity index (χ3v) is 6.63. The highest BCUT2D eigenvalue weighted by Crippen LogP contribution is 2.51. The quantitative estimate of drug-likeness (QED) is 0.275. The van der Waals surface area contributed by atoms with Gasteiger partial charge in [0.25, 0.3) is 0 Å². The first-order chi connectivity index (χ1) is 16.1. The van der Waals surface area contributed by atoms with Crippen LogP contribution < -0.4 is 10.6 Å². The lowest BCUT2D eigenvalue weighted by molar-refractivity contribution is 1.17. The van der Waals surface area contributed by atoms with E-state index in [9.17, 15) is 0 Å². The van der Waals surface area contributed by atoms with Gasteiger partial charge in [0.05, 0.1) is 28.5 Å². The van der Waals surface area contributed by atoms with Crippen LogP contribution in [0.4, 0.5) is 17.1 Å². The van der Waals surface area contributed by atoms with Crippen LogP contribution in [0, 0.1) is 10.8 Å². The predicted molar refractivity (Wildman–Crippen MR) is 139 cm³/mol. The van der Waals surface area contributed by atoms with Gasteiger partial charge in [0.15, 0.2) is 0 Å². The highest BCUT2D eigenvalue weighted by atomic mass is 32.2. The smallest absolute Gasteiger partial charge is 0.0869 e. The van der Waals surface area contributed by atoms with Crippen molar-refractivity contribution in [1.82, 2.24) is 0 Å². The van der Waals surface area contributed by atoms with E-state index in [-0.39, 0.29) is 11.4 Å². The van der Waals surface area contributed by atoms with Crippen molar-refractivity contribution in [3.8, 4) is 0 Å². The minimum Gasteiger partial charge on any atom is -0.399 e. The van der Waals surface area contributed by atoms with Crippen LogP contribution in [-0.2, 0) is 0 Å². The number of anilines is 3. The Balaban J connectivity index is 0.000000281. The fourth-order valence-electron chi connectivity index (χ4n) is 3.96. The van der Waals surface area contributed by atoms with Crippen molar-refractivity contribution in [3.63, 3.8) is 0 Å². The van der Waals surface area contributed by atoms with Crippen molar-refractivity contribution in [2.45, 2.75) is 9.79 Å². The number of hydrogen-bond donors (Lipinski definition) is 3. The highest BCUT2D eigenvalue weighted by molar-refractivity contribution is 7.99. The molecule has 0 spiro atoms. The first-order valence-electron chi connectivity index (χ1n) is 10.6. The topological polar surface area (TPSA) is 77.0 Å². The summed E-state index contributed by atoms with van der Waals surface area (Å²) >= 11 is 1.77. The number of nitrogens with zero attached hydrogens (tertiary/aromatic N) is 1. The molecular weight excluding hydrogens is 424 g/mol. The van der Waals surface area contributed by atoms with Crippen molar-refractivity contribution in [2.75, 3.05) is 10.6 Å². The van der Waals surface area contributed by atoms with Crippen LogP contribution in [0.25, 0.3) is 5.70 Å². The van der Waals surface area contributed by atoms with Crippen LogP contribution in [0.2, 0.25) is 0 Å². The van der Waals surface area contributed by atoms with Gasteiger partial charge in [-0.2, -0.15) is 0 Å². The molecule has 1 aliphatic carbocycles. The molecule has 0 radical (unpaired) electrons. The third-order valence-electron chi connectivity index (χ3n) is 5.50. The largest absolute Gasteiger partial charge is 0.399 e. The van der Waals surface area contributed by atoms with E-state index in [4.69, 9.17) is 16.6 Å². The molecule has 4 N–H and O–H groups in total. The molecule has 4 aromatic rings. The zero-order chi connectivity index (χ0) is 22.8. The highest BCUT2D eigenvalue weighted by Gasteiger charge is 2.30. The predicted octanol–water partition coefficient (Wildman–Crippen LogP) is 7.00. The third kappa shape index (κ3) is 3.95. The van der Waals surface area contributed by atoms with E-state index in [1.165, 1.54) is 9.79 Å². The van der Waals surface area contributed by atoms with Crippen LogP contribution in [0.3, 0.4) is 0 Å². The summed E-state index contributed by atoms with van der Waals surface area (Å²) < 4.78 is 0. The maximum absolute atomic E-state index is 8.31. The van der Waals surface area contributed by atoms with Gasteiger partial charge in [-0.05, 0) is 42.5 Å². The second-order valence-corrected chi connectivity index (χ2v) is 8.73. The van der Waals surface area contributed by atoms with Gasteiger partial charge in [-0.25, -0.2) is 0 Å². The Morgan fingerprint density at radius 1 is 0.606 bits per heavy atom. The summed E-state index contributed by atoms with van der Waals surface area (Å²) in [6.07, 6.45) is 1.81. The van der Waals surface area contributed by atoms with Gasteiger partial charge in [0.2, 0.25) is 0 Å². The molecule has 1 aliphatic heterocycles. The van der Waals surface area contributed by atoms with Gasteiger partial charge < -0.3 is 10.6 Å². The van der Waals surface area contributed by atoms with Crippen molar-refractivity contribution < 1.29 is 0 Å². The van der Waals surface area contributed by atoms with Crippen LogP contribution in [0.5, 0.6) is 0 Å². The fraction of sp³-hybridized carbons (Fsp3) is 0. The molecule has 160 valence electrons. The number of para-hydroxylation sites is 3. The lowest BCUT2D eigenvalue weighted by Gasteiger charge is -2.36. The van der Waals surface area contributed by atoms with Gasteiger partial charge in [0.1, 0.15) is 0 Å². The lowest BCUT2D eigenvalue weighted by Crippen LogP contribution is -2.26. The van der Waals surface area contributed by atoms with E-state index in [1.807, 2.05) is 72.8 Å². The minimum absolute atomic E-state index is 0.242. The molecule has 0 unspecified atom stereocenters. The summed E-state index contributed by atoms with van der Waals surface area (Å²) in [7, 11) is 0. The van der Waals surface area contributed by atoms with Crippen molar-refractivity contribution in [1.29, 1.82) is 10.8 Å². The van der Waals surface area contributed by atoms with Crippen molar-refractivity contribution in [3.05, 3.63) is 120 Å². The van der Waals surface area contributed by atoms with Crippen LogP contribution in [0.15, 0.2) is 119 Å². The molecule has 33 heavy (non-hydrogen) atoms. The minimum atomic E-state index is 0.242. The Morgan fingerprint density at radius 3 is 1.70 bits per heavy atom. The summed E-state index contributed by atoms with van der Waals surface area (Å²) in [6.45, 7) is 0. The van der Waals surface area contributed by atoms with E-state index in [1.54, 1.807) is 11.8 Å². The van der Waals surface area contributed by atoms with Gasteiger partial charge in [-0.3, -0.25) is 10.8 Å². The van der Waals surface area contributed by atoms with E-state index in [0.29, 0.717) is 0 Å². The van der Waals surface area contributed by atoms with E-state index in [2.05, 4.69) is 41.3 Å². The number of nitrogens with one attached hydrogen (secondary N) is 2. The van der Waals surface area contributed by atoms with Crippen LogP contribution in [-0.4, -0.2) is 11.4 Å². The summed E-state index contributed by atoms with van der Waals surface area (Å²) in [6, 6.07) is 34.1. The summed E-state index contributed by atoms with van der Waals surface area (Å²) in [5.74, 6) is 0. The number of benzene rings is 4. The second-order valence-electron chi connectivity index (χ2n) is 7.65. The number of allylic oxidation sites excluding steroid dienone is 1. The van der Waals surface area contributed by atoms with Gasteiger partial charge in [-0.15, -0.1) is 0 Å². The number of rotatable bonds is 1. The number of hydrogen-bond acceptors (Lipinski definition) is 5. The zero-order valence-electron chi connectivity index (χ0n) is 17.8. The average molecular weight is 447 g/mol. The Labute approximate surface area is 197 Å². The molecule has 0 saturated heterocycles. The molecule has 0 bridgehead atoms. The number of nitrogen functional groups attached to an aromatic ring is 1. The normalized spacial score (nSPS) is 13.7. The SMILES string of the molecule is N=C1C=C(N2c3ccccc3Sc3ccccc32)c2ccccc2C1=N.Nc1ccccc1. The summed E-state index contributed by atoms with van der Waals surface area (Å²) in [5.41, 5.74) is 11.7. The molecule has 0 saturated carbocycles. The van der Waals surface area contributed by atoms with E-state index in [0.717, 1.165) is 33.9 Å². The van der Waals surface area contributed by atoms with Crippen molar-refractivity contribution in [2.24, 2.45) is 0 Å². The molecule has 0 atom stereocenters. The van der Waals surface area contributed by atoms with Gasteiger partial charge in [-0.1, -0.05) is 78.5 Å². The summed E-state index contributed by atoms with van der Waals surface area (Å²) in [4.78, 5) is 4.61. The fourth-order valence-corrected chi connectivity index (χ4v) is 5.02. The number of fused-ring (bicyclic) bond motifs is 3. The van der Waals surface area contributed by atoms with Crippen LogP contribution in [0.1, 0.15) is 11.1 Å². The van der Waals surface area contributed by atoms with Gasteiger partial charge in [0, 0.05) is 26.6 Å². The van der Waals surface area contributed by atoms with Crippen molar-refractivity contribution >= 4 is 45.9 Å². The standard InChI is InChI=1S/C22H15N3S.C6H7N/c23-16-13-19(14-7-1-2-8-15(14)22(16)24)25-17-9-3-5-11-20(17)26-21-12-6-4-10-18(21)25;7-6-4-2-1-3-5-6/h1-13,23-24H;1-5H,7H2. The maximum atomic E-state index is 8.31. The first kappa shape index (κ1) is 20.8. The number of nitrogens with two attached hydrogens (primary N) is 1. The maximum Gasteiger partial charge on any atom is 0.0869 e. The molecule has 1 heterocycles. The molecule has 4 nitrogen and oxygen atoms in total. The second kappa shape index (κ2) is 8.81. The monoisotopic (exact) mass is 446 g/mol. The Morgan fingerprint density at radius 2 is 1.12 bits per heavy atom. The molecule has 0 aromatic heterocycles. The van der Waals surface area contributed by atoms with Gasteiger partial charge >= 0.3 is 0 Å². The zero-order valence-corrected chi connectivity index (χ0v) is 18.6. The van der Waals surface area contributed by atoms with E-state index >= 15 is 0 Å². The Kier molecular flexibility index (Phi) is 5.55. The van der Waals surface area contributed by atoms with E-state index < -0.39 is 0 Å². The molecule has 0 amide bonds. The summed E-state index contributed by atoms with van der Waals surface area (Å²) in [5, 5.41) is 16.6. The van der Waals surface area contributed by atoms with Crippen LogP contribution >= 0.6 is 11.8 Å². The molecule has 0 fully saturated rings.